The van der Waals surface area contributed by atoms with Gasteiger partial charge in [0.25, 0.3) is 0 Å². The van der Waals surface area contributed by atoms with Crippen molar-refractivity contribution in [1.82, 2.24) is 5.32 Å². The molecule has 116 valence electrons. The normalized spacial score (nSPS) is 45.0. The summed E-state index contributed by atoms with van der Waals surface area (Å²) in [7, 11) is 1.96. The molecule has 0 aliphatic heterocycles. The van der Waals surface area contributed by atoms with Crippen LogP contribution in [0.1, 0.15) is 52.4 Å². The third-order valence-electron chi connectivity index (χ3n) is 5.86. The third kappa shape index (κ3) is 3.10. The predicted molar refractivity (Wildman–Crippen MR) is 82.5 cm³/mol. The summed E-state index contributed by atoms with van der Waals surface area (Å²) in [4.78, 5) is 0. The zero-order valence-electron chi connectivity index (χ0n) is 13.3. The summed E-state index contributed by atoms with van der Waals surface area (Å²) in [6.07, 6.45) is 5.56. The van der Waals surface area contributed by atoms with E-state index in [1.807, 2.05) is 20.9 Å². The van der Waals surface area contributed by atoms with Gasteiger partial charge < -0.3 is 15.5 Å². The lowest BCUT2D eigenvalue weighted by Crippen LogP contribution is -2.40. The SMILES string of the molecule is C=C(CCNC)[C@H]1CC[C@@](C)(O)[C@H]2CC[C@](C)(O)[C@H]2C1. The second-order valence-electron chi connectivity index (χ2n) is 7.45. The highest BCUT2D eigenvalue weighted by molar-refractivity contribution is 5.10. The van der Waals surface area contributed by atoms with Crippen molar-refractivity contribution in [2.75, 3.05) is 13.6 Å². The van der Waals surface area contributed by atoms with E-state index in [9.17, 15) is 10.2 Å². The maximum absolute atomic E-state index is 10.8. The van der Waals surface area contributed by atoms with E-state index in [1.54, 1.807) is 0 Å². The van der Waals surface area contributed by atoms with Crippen molar-refractivity contribution < 1.29 is 10.2 Å². The van der Waals surface area contributed by atoms with Gasteiger partial charge in [-0.1, -0.05) is 12.2 Å². The Hall–Kier alpha value is -0.380. The monoisotopic (exact) mass is 281 g/mol. The van der Waals surface area contributed by atoms with Crippen LogP contribution < -0.4 is 5.32 Å². The van der Waals surface area contributed by atoms with Crippen molar-refractivity contribution in [1.29, 1.82) is 0 Å². The summed E-state index contributed by atoms with van der Waals surface area (Å²) in [6.45, 7) is 9.13. The molecule has 0 aromatic rings. The first-order chi connectivity index (χ1) is 9.28. The number of nitrogens with one attached hydrogen (secondary N) is 1. The number of rotatable bonds is 4. The fraction of sp³-hybridized carbons (Fsp3) is 0.882. The fourth-order valence-electron chi connectivity index (χ4n) is 4.37. The molecule has 5 atom stereocenters. The smallest absolute Gasteiger partial charge is 0.0651 e. The quantitative estimate of drug-likeness (QED) is 0.694. The summed E-state index contributed by atoms with van der Waals surface area (Å²) >= 11 is 0. The molecule has 0 aromatic carbocycles. The molecular weight excluding hydrogens is 250 g/mol. The van der Waals surface area contributed by atoms with Gasteiger partial charge in [-0.05, 0) is 83.7 Å². The molecule has 2 aliphatic rings. The van der Waals surface area contributed by atoms with Gasteiger partial charge in [0, 0.05) is 0 Å². The molecule has 0 saturated heterocycles. The minimum atomic E-state index is -0.636. The van der Waals surface area contributed by atoms with Gasteiger partial charge in [-0.3, -0.25) is 0 Å². The molecule has 2 rings (SSSR count). The van der Waals surface area contributed by atoms with Crippen LogP contribution in [0.2, 0.25) is 0 Å². The lowest BCUT2D eigenvalue weighted by Gasteiger charge is -2.35. The van der Waals surface area contributed by atoms with Crippen LogP contribution in [0.3, 0.4) is 0 Å². The minimum Gasteiger partial charge on any atom is -0.390 e. The van der Waals surface area contributed by atoms with Gasteiger partial charge in [-0.25, -0.2) is 0 Å². The van der Waals surface area contributed by atoms with Crippen LogP contribution in [0.25, 0.3) is 0 Å². The van der Waals surface area contributed by atoms with Gasteiger partial charge in [0.15, 0.2) is 0 Å². The van der Waals surface area contributed by atoms with Crippen molar-refractivity contribution in [2.45, 2.75) is 63.6 Å². The van der Waals surface area contributed by atoms with E-state index in [-0.39, 0.29) is 11.8 Å². The Labute approximate surface area is 123 Å². The van der Waals surface area contributed by atoms with Crippen molar-refractivity contribution in [2.24, 2.45) is 17.8 Å². The fourth-order valence-corrected chi connectivity index (χ4v) is 4.37. The topological polar surface area (TPSA) is 52.5 Å². The van der Waals surface area contributed by atoms with E-state index in [0.29, 0.717) is 5.92 Å². The van der Waals surface area contributed by atoms with Gasteiger partial charge in [-0.15, -0.1) is 0 Å². The van der Waals surface area contributed by atoms with E-state index in [4.69, 9.17) is 0 Å². The molecule has 0 spiro atoms. The molecule has 0 bridgehead atoms. The Morgan fingerprint density at radius 3 is 2.40 bits per heavy atom. The average Bonchev–Trinajstić information content (AvgIpc) is 2.58. The van der Waals surface area contributed by atoms with Crippen molar-refractivity contribution >= 4 is 0 Å². The Bertz CT molecular complexity index is 362. The molecule has 0 heterocycles. The third-order valence-corrected chi connectivity index (χ3v) is 5.86. The van der Waals surface area contributed by atoms with Gasteiger partial charge in [-0.2, -0.15) is 0 Å². The lowest BCUT2D eigenvalue weighted by molar-refractivity contribution is -0.0539. The van der Waals surface area contributed by atoms with Crippen LogP contribution in [-0.4, -0.2) is 35.0 Å². The minimum absolute atomic E-state index is 0.205. The van der Waals surface area contributed by atoms with E-state index < -0.39 is 11.2 Å². The van der Waals surface area contributed by atoms with Crippen molar-refractivity contribution in [3.05, 3.63) is 12.2 Å². The maximum atomic E-state index is 10.8. The molecule has 20 heavy (non-hydrogen) atoms. The number of aliphatic hydroxyl groups is 2. The van der Waals surface area contributed by atoms with E-state index in [0.717, 1.165) is 45.1 Å². The second-order valence-corrected chi connectivity index (χ2v) is 7.45. The molecule has 3 nitrogen and oxygen atoms in total. The zero-order valence-corrected chi connectivity index (χ0v) is 13.3. The highest BCUT2D eigenvalue weighted by Gasteiger charge is 2.52. The van der Waals surface area contributed by atoms with Crippen molar-refractivity contribution in [3.8, 4) is 0 Å². The van der Waals surface area contributed by atoms with Gasteiger partial charge in [0.1, 0.15) is 0 Å². The van der Waals surface area contributed by atoms with E-state index >= 15 is 0 Å². The molecular formula is C17H31NO2. The first kappa shape index (κ1) is 16.0. The van der Waals surface area contributed by atoms with Crippen LogP contribution in [0, 0.1) is 17.8 Å². The van der Waals surface area contributed by atoms with Crippen LogP contribution >= 0.6 is 0 Å². The van der Waals surface area contributed by atoms with E-state index in [1.165, 1.54) is 5.57 Å². The molecule has 2 fully saturated rings. The Morgan fingerprint density at radius 1 is 1.15 bits per heavy atom. The zero-order chi connectivity index (χ0) is 15.0. The van der Waals surface area contributed by atoms with Crippen molar-refractivity contribution in [3.63, 3.8) is 0 Å². The molecule has 2 aliphatic carbocycles. The van der Waals surface area contributed by atoms with Gasteiger partial charge in [0.2, 0.25) is 0 Å². The number of fused-ring (bicyclic) bond motifs is 1. The second kappa shape index (κ2) is 5.78. The Balaban J connectivity index is 2.14. The summed E-state index contributed by atoms with van der Waals surface area (Å²) in [5.74, 6) is 0.880. The highest BCUT2D eigenvalue weighted by Crippen LogP contribution is 2.52. The van der Waals surface area contributed by atoms with Crippen LogP contribution in [-0.2, 0) is 0 Å². The van der Waals surface area contributed by atoms with Gasteiger partial charge >= 0.3 is 0 Å². The summed E-state index contributed by atoms with van der Waals surface area (Å²) in [5.41, 5.74) is 0.0162. The van der Waals surface area contributed by atoms with Crippen LogP contribution in [0.5, 0.6) is 0 Å². The van der Waals surface area contributed by atoms with E-state index in [2.05, 4.69) is 11.9 Å². The molecule has 3 heteroatoms. The van der Waals surface area contributed by atoms with Crippen LogP contribution in [0.4, 0.5) is 0 Å². The van der Waals surface area contributed by atoms with Crippen LogP contribution in [0.15, 0.2) is 12.2 Å². The number of hydrogen-bond acceptors (Lipinski definition) is 3. The Morgan fingerprint density at radius 2 is 1.75 bits per heavy atom. The average molecular weight is 281 g/mol. The lowest BCUT2D eigenvalue weighted by atomic mass is 9.75. The number of hydrogen-bond donors (Lipinski definition) is 3. The summed E-state index contributed by atoms with van der Waals surface area (Å²) < 4.78 is 0. The molecule has 0 amide bonds. The molecule has 0 radical (unpaired) electrons. The molecule has 2 saturated carbocycles. The molecule has 0 unspecified atom stereocenters. The summed E-state index contributed by atoms with van der Waals surface area (Å²) in [6, 6.07) is 0. The Kier molecular flexibility index (Phi) is 4.63. The maximum Gasteiger partial charge on any atom is 0.0651 e. The summed E-state index contributed by atoms with van der Waals surface area (Å²) in [5, 5.41) is 24.6. The highest BCUT2D eigenvalue weighted by atomic mass is 16.3. The molecule has 3 N–H and O–H groups in total. The standard InChI is InChI=1S/C17H31NO2/c1-12(7-10-18-4)13-5-8-16(2,19)14-6-9-17(3,20)15(14)11-13/h13-15,18-20H,1,5-11H2,2-4H3/t13-,14-,15-,16+,17-/m0/s1. The first-order valence-corrected chi connectivity index (χ1v) is 8.05. The largest absolute Gasteiger partial charge is 0.390 e. The van der Waals surface area contributed by atoms with Gasteiger partial charge in [0.05, 0.1) is 11.2 Å². The first-order valence-electron chi connectivity index (χ1n) is 8.05. The molecule has 0 aromatic heterocycles. The predicted octanol–water partition coefficient (Wildman–Crippen LogP) is 2.48.